The summed E-state index contributed by atoms with van der Waals surface area (Å²) < 4.78 is 0. The van der Waals surface area contributed by atoms with Gasteiger partial charge in [-0.25, -0.2) is 4.98 Å². The highest BCUT2D eigenvalue weighted by Crippen LogP contribution is 2.61. The van der Waals surface area contributed by atoms with Gasteiger partial charge in [0.25, 0.3) is 0 Å². The van der Waals surface area contributed by atoms with Gasteiger partial charge < -0.3 is 0 Å². The van der Waals surface area contributed by atoms with Crippen molar-refractivity contribution >= 4 is 11.3 Å². The highest BCUT2D eigenvalue weighted by molar-refractivity contribution is 7.12. The number of thiazole rings is 1. The zero-order valence-corrected chi connectivity index (χ0v) is 10.7. The van der Waals surface area contributed by atoms with E-state index in [-0.39, 0.29) is 0 Å². The van der Waals surface area contributed by atoms with E-state index in [0.29, 0.717) is 5.41 Å². The molecule has 4 bridgehead atoms. The van der Waals surface area contributed by atoms with Crippen LogP contribution in [0.25, 0.3) is 0 Å². The average Bonchev–Trinajstić information content (AvgIpc) is 2.76. The second-order valence-corrected chi connectivity index (χ2v) is 7.37. The predicted octanol–water partition coefficient (Wildman–Crippen LogP) is 3.48. The summed E-state index contributed by atoms with van der Waals surface area (Å²) in [7, 11) is 0. The lowest BCUT2D eigenvalue weighted by molar-refractivity contribution is -0.00527. The fourth-order valence-electron chi connectivity index (χ4n) is 4.94. The standard InChI is InChI=1S/C14H16N2S/c15-7-12-8-16-13(17-12)14-4-9-1-10(5-14)3-11(2-9)6-14/h8-11H,1-6H2. The molecule has 0 N–H and O–H groups in total. The zero-order chi connectivity index (χ0) is 11.5. The molecule has 0 aromatic carbocycles. The van der Waals surface area contributed by atoms with Gasteiger partial charge in [-0.3, -0.25) is 0 Å². The minimum absolute atomic E-state index is 0.370. The molecule has 5 rings (SSSR count). The van der Waals surface area contributed by atoms with Crippen molar-refractivity contribution in [3.05, 3.63) is 16.1 Å². The number of nitriles is 1. The van der Waals surface area contributed by atoms with E-state index in [9.17, 15) is 0 Å². The minimum atomic E-state index is 0.370. The summed E-state index contributed by atoms with van der Waals surface area (Å²) in [6.07, 6.45) is 10.2. The molecule has 4 fully saturated rings. The molecule has 3 heteroatoms. The van der Waals surface area contributed by atoms with Gasteiger partial charge in [-0.15, -0.1) is 11.3 Å². The second-order valence-electron chi connectivity index (χ2n) is 6.34. The maximum Gasteiger partial charge on any atom is 0.124 e. The van der Waals surface area contributed by atoms with Crippen LogP contribution in [0.2, 0.25) is 0 Å². The Morgan fingerprint density at radius 3 is 2.24 bits per heavy atom. The first kappa shape index (κ1) is 10.1. The summed E-state index contributed by atoms with van der Waals surface area (Å²) in [4.78, 5) is 5.36. The van der Waals surface area contributed by atoms with Crippen LogP contribution in [-0.4, -0.2) is 4.98 Å². The van der Waals surface area contributed by atoms with Crippen molar-refractivity contribution < 1.29 is 0 Å². The van der Waals surface area contributed by atoms with E-state index in [1.807, 2.05) is 0 Å². The lowest BCUT2D eigenvalue weighted by atomic mass is 9.50. The molecule has 0 aliphatic heterocycles. The Hall–Kier alpha value is -0.880. The van der Waals surface area contributed by atoms with E-state index in [1.54, 1.807) is 17.5 Å². The molecule has 4 saturated carbocycles. The number of rotatable bonds is 1. The van der Waals surface area contributed by atoms with Crippen LogP contribution in [0.1, 0.15) is 48.4 Å². The Morgan fingerprint density at radius 1 is 1.18 bits per heavy atom. The summed E-state index contributed by atoms with van der Waals surface area (Å²) >= 11 is 1.65. The Balaban J connectivity index is 1.75. The average molecular weight is 244 g/mol. The van der Waals surface area contributed by atoms with Crippen molar-refractivity contribution in [3.8, 4) is 6.07 Å². The van der Waals surface area contributed by atoms with Crippen LogP contribution in [0, 0.1) is 29.1 Å². The lowest BCUT2D eigenvalue weighted by Crippen LogP contribution is -2.48. The number of hydrogen-bond donors (Lipinski definition) is 0. The van der Waals surface area contributed by atoms with Gasteiger partial charge in [-0.2, -0.15) is 5.26 Å². The van der Waals surface area contributed by atoms with Crippen LogP contribution in [0.5, 0.6) is 0 Å². The van der Waals surface area contributed by atoms with Gasteiger partial charge >= 0.3 is 0 Å². The van der Waals surface area contributed by atoms with E-state index in [2.05, 4.69) is 11.1 Å². The van der Waals surface area contributed by atoms with Crippen molar-refractivity contribution in [3.63, 3.8) is 0 Å². The molecule has 4 aliphatic rings. The molecule has 0 spiro atoms. The lowest BCUT2D eigenvalue weighted by Gasteiger charge is -2.56. The molecular weight excluding hydrogens is 228 g/mol. The summed E-state index contributed by atoms with van der Waals surface area (Å²) in [5.41, 5.74) is 0.370. The Kier molecular flexibility index (Phi) is 1.97. The predicted molar refractivity (Wildman–Crippen MR) is 66.7 cm³/mol. The van der Waals surface area contributed by atoms with Gasteiger partial charge in [0.05, 0.1) is 6.20 Å². The second kappa shape index (κ2) is 3.32. The van der Waals surface area contributed by atoms with Gasteiger partial charge in [0, 0.05) is 5.41 Å². The maximum atomic E-state index is 8.95. The Bertz CT molecular complexity index is 461. The van der Waals surface area contributed by atoms with Gasteiger partial charge in [0.1, 0.15) is 16.0 Å². The van der Waals surface area contributed by atoms with Gasteiger partial charge in [0.2, 0.25) is 0 Å². The summed E-state index contributed by atoms with van der Waals surface area (Å²) in [5.74, 6) is 2.86. The van der Waals surface area contributed by atoms with Gasteiger partial charge in [-0.05, 0) is 56.3 Å². The fraction of sp³-hybridized carbons (Fsp3) is 0.714. The third-order valence-electron chi connectivity index (χ3n) is 5.11. The highest BCUT2D eigenvalue weighted by atomic mass is 32.1. The fourth-order valence-corrected chi connectivity index (χ4v) is 5.87. The molecule has 88 valence electrons. The van der Waals surface area contributed by atoms with E-state index in [0.717, 1.165) is 22.6 Å². The van der Waals surface area contributed by atoms with Crippen LogP contribution < -0.4 is 0 Å². The van der Waals surface area contributed by atoms with E-state index in [4.69, 9.17) is 5.26 Å². The largest absolute Gasteiger partial charge is 0.248 e. The van der Waals surface area contributed by atoms with Crippen molar-refractivity contribution in [2.45, 2.75) is 43.9 Å². The molecule has 2 nitrogen and oxygen atoms in total. The smallest absolute Gasteiger partial charge is 0.124 e. The van der Waals surface area contributed by atoms with E-state index >= 15 is 0 Å². The SMILES string of the molecule is N#Cc1cnc(C23CC4CC(CC(C4)C2)C3)s1. The highest BCUT2D eigenvalue weighted by Gasteiger charge is 2.52. The molecular formula is C14H16N2S. The molecule has 0 amide bonds. The van der Waals surface area contributed by atoms with Crippen LogP contribution >= 0.6 is 11.3 Å². The number of hydrogen-bond acceptors (Lipinski definition) is 3. The third kappa shape index (κ3) is 1.40. The van der Waals surface area contributed by atoms with Gasteiger partial charge in [0.15, 0.2) is 0 Å². The van der Waals surface area contributed by atoms with Crippen molar-refractivity contribution in [2.24, 2.45) is 17.8 Å². The summed E-state index contributed by atoms with van der Waals surface area (Å²) in [6, 6.07) is 2.24. The molecule has 1 heterocycles. The minimum Gasteiger partial charge on any atom is -0.248 e. The van der Waals surface area contributed by atoms with Crippen LogP contribution in [-0.2, 0) is 5.41 Å². The molecule has 0 radical (unpaired) electrons. The van der Waals surface area contributed by atoms with E-state index < -0.39 is 0 Å². The topological polar surface area (TPSA) is 36.7 Å². The molecule has 4 aliphatic carbocycles. The van der Waals surface area contributed by atoms with Gasteiger partial charge in [-0.1, -0.05) is 0 Å². The molecule has 0 atom stereocenters. The first-order valence-electron chi connectivity index (χ1n) is 6.64. The van der Waals surface area contributed by atoms with Crippen LogP contribution in [0.4, 0.5) is 0 Å². The number of nitrogens with zero attached hydrogens (tertiary/aromatic N) is 2. The van der Waals surface area contributed by atoms with Crippen molar-refractivity contribution in [1.29, 1.82) is 5.26 Å². The molecule has 17 heavy (non-hydrogen) atoms. The Labute approximate surface area is 106 Å². The summed E-state index contributed by atoms with van der Waals surface area (Å²) in [5, 5.41) is 10.2. The monoisotopic (exact) mass is 244 g/mol. The number of aromatic nitrogens is 1. The molecule has 1 aromatic heterocycles. The van der Waals surface area contributed by atoms with Crippen molar-refractivity contribution in [2.75, 3.05) is 0 Å². The quantitative estimate of drug-likeness (QED) is 0.758. The normalized spacial score (nSPS) is 42.6. The van der Waals surface area contributed by atoms with Crippen molar-refractivity contribution in [1.82, 2.24) is 4.98 Å². The van der Waals surface area contributed by atoms with E-state index in [1.165, 1.54) is 43.5 Å². The molecule has 0 saturated heterocycles. The first-order valence-corrected chi connectivity index (χ1v) is 7.45. The third-order valence-corrected chi connectivity index (χ3v) is 6.26. The van der Waals surface area contributed by atoms with Crippen LogP contribution in [0.15, 0.2) is 6.20 Å². The Morgan fingerprint density at radius 2 is 1.76 bits per heavy atom. The summed E-state index contributed by atoms with van der Waals surface area (Å²) in [6.45, 7) is 0. The van der Waals surface area contributed by atoms with Crippen LogP contribution in [0.3, 0.4) is 0 Å². The zero-order valence-electron chi connectivity index (χ0n) is 9.85. The molecule has 0 unspecified atom stereocenters. The first-order chi connectivity index (χ1) is 8.27. The maximum absolute atomic E-state index is 8.95. The molecule has 1 aromatic rings.